The van der Waals surface area contributed by atoms with E-state index in [9.17, 15) is 4.79 Å². The van der Waals surface area contributed by atoms with Crippen molar-refractivity contribution in [1.29, 1.82) is 0 Å². The lowest BCUT2D eigenvalue weighted by Crippen LogP contribution is -1.98. The summed E-state index contributed by atoms with van der Waals surface area (Å²) in [5.41, 5.74) is 1.46. The molecule has 0 saturated heterocycles. The molecule has 0 radical (unpaired) electrons. The molecule has 4 nitrogen and oxygen atoms in total. The van der Waals surface area contributed by atoms with Gasteiger partial charge in [0.25, 0.3) is 0 Å². The van der Waals surface area contributed by atoms with Gasteiger partial charge in [-0.25, -0.2) is 9.97 Å². The summed E-state index contributed by atoms with van der Waals surface area (Å²) in [5.74, 6) is 0.877. The third kappa shape index (κ3) is 1.52. The Kier molecular flexibility index (Phi) is 2.49. The molecule has 0 amide bonds. The Labute approximate surface area is 88.0 Å². The number of hydrogen-bond donors (Lipinski definition) is 0. The maximum atomic E-state index is 11.0. The topological polar surface area (TPSA) is 47.3 Å². The fraction of sp³-hybridized carbons (Fsp3) is 0.364. The maximum Gasteiger partial charge on any atom is 0.234 e. The molecule has 2 aromatic heterocycles. The van der Waals surface area contributed by atoms with Crippen LogP contribution in [0.1, 0.15) is 42.4 Å². The zero-order valence-corrected chi connectivity index (χ0v) is 8.84. The molecule has 0 fully saturated rings. The van der Waals surface area contributed by atoms with Crippen LogP contribution < -0.4 is 0 Å². The second-order valence-corrected chi connectivity index (χ2v) is 3.60. The van der Waals surface area contributed by atoms with E-state index in [1.165, 1.54) is 0 Å². The van der Waals surface area contributed by atoms with Crippen molar-refractivity contribution in [3.63, 3.8) is 0 Å². The summed E-state index contributed by atoms with van der Waals surface area (Å²) in [6, 6.07) is 1.79. The Morgan fingerprint density at radius 1 is 1.60 bits per heavy atom. The highest BCUT2D eigenvalue weighted by molar-refractivity contribution is 5.76. The van der Waals surface area contributed by atoms with Crippen molar-refractivity contribution in [2.45, 2.75) is 26.2 Å². The van der Waals surface area contributed by atoms with Crippen molar-refractivity contribution < 1.29 is 4.79 Å². The first-order valence-corrected chi connectivity index (χ1v) is 5.06. The molecule has 1 atom stereocenters. The molecular weight excluding hydrogens is 190 g/mol. The summed E-state index contributed by atoms with van der Waals surface area (Å²) in [6.07, 6.45) is 5.30. The fourth-order valence-corrected chi connectivity index (χ4v) is 1.60. The van der Waals surface area contributed by atoms with E-state index in [-0.39, 0.29) is 5.92 Å². The van der Waals surface area contributed by atoms with E-state index < -0.39 is 0 Å². The maximum absolute atomic E-state index is 11.0. The summed E-state index contributed by atoms with van der Waals surface area (Å²) >= 11 is 0. The van der Waals surface area contributed by atoms with Gasteiger partial charge in [-0.2, -0.15) is 0 Å². The van der Waals surface area contributed by atoms with E-state index in [0.29, 0.717) is 11.5 Å². The Morgan fingerprint density at radius 2 is 2.40 bits per heavy atom. The van der Waals surface area contributed by atoms with Gasteiger partial charge in [0.2, 0.25) is 5.78 Å². The van der Waals surface area contributed by atoms with Crippen molar-refractivity contribution >= 4 is 12.1 Å². The second-order valence-electron chi connectivity index (χ2n) is 3.60. The zero-order valence-electron chi connectivity index (χ0n) is 8.84. The molecule has 0 aliphatic carbocycles. The molecule has 4 heteroatoms. The van der Waals surface area contributed by atoms with Crippen LogP contribution in [0.25, 0.3) is 5.78 Å². The van der Waals surface area contributed by atoms with Gasteiger partial charge >= 0.3 is 0 Å². The van der Waals surface area contributed by atoms with Crippen molar-refractivity contribution in [3.8, 4) is 0 Å². The number of aromatic nitrogens is 3. The van der Waals surface area contributed by atoms with Crippen LogP contribution in [0.2, 0.25) is 0 Å². The zero-order chi connectivity index (χ0) is 10.8. The number of carbonyl (C=O) groups is 1. The van der Waals surface area contributed by atoms with E-state index in [2.05, 4.69) is 23.8 Å². The van der Waals surface area contributed by atoms with E-state index >= 15 is 0 Å². The fourth-order valence-electron chi connectivity index (χ4n) is 1.60. The highest BCUT2D eigenvalue weighted by Crippen LogP contribution is 2.21. The number of aldehydes is 1. The minimum Gasteiger partial charge on any atom is -0.296 e. The molecule has 2 aromatic rings. The van der Waals surface area contributed by atoms with E-state index in [1.807, 2.05) is 6.20 Å². The summed E-state index contributed by atoms with van der Waals surface area (Å²) in [4.78, 5) is 19.5. The van der Waals surface area contributed by atoms with E-state index in [1.54, 1.807) is 16.7 Å². The van der Waals surface area contributed by atoms with Crippen LogP contribution >= 0.6 is 0 Å². The first kappa shape index (κ1) is 9.83. The smallest absolute Gasteiger partial charge is 0.234 e. The third-order valence-corrected chi connectivity index (χ3v) is 2.66. The van der Waals surface area contributed by atoms with Crippen LogP contribution in [0, 0.1) is 0 Å². The molecule has 1 unspecified atom stereocenters. The Bertz CT molecular complexity index is 490. The standard InChI is InChI=1S/C11H13N3O/c1-3-8(2)10-9(7-15)14-6-4-5-12-11(14)13-10/h4-8H,3H2,1-2H3. The molecule has 0 aromatic carbocycles. The molecule has 15 heavy (non-hydrogen) atoms. The van der Waals surface area contributed by atoms with Gasteiger partial charge in [-0.05, 0) is 12.5 Å². The molecule has 0 N–H and O–H groups in total. The molecule has 2 heterocycles. The van der Waals surface area contributed by atoms with E-state index in [4.69, 9.17) is 0 Å². The van der Waals surface area contributed by atoms with Gasteiger partial charge in [0, 0.05) is 18.3 Å². The monoisotopic (exact) mass is 203 g/mol. The SMILES string of the molecule is CCC(C)c1nc2ncccn2c1C=O. The highest BCUT2D eigenvalue weighted by atomic mass is 16.1. The van der Waals surface area contributed by atoms with Crippen molar-refractivity contribution in [2.24, 2.45) is 0 Å². The van der Waals surface area contributed by atoms with Crippen molar-refractivity contribution in [3.05, 3.63) is 29.8 Å². The van der Waals surface area contributed by atoms with Crippen LogP contribution in [0.4, 0.5) is 0 Å². The molecule has 0 saturated carbocycles. The molecule has 0 spiro atoms. The van der Waals surface area contributed by atoms with Crippen molar-refractivity contribution in [1.82, 2.24) is 14.4 Å². The number of imidazole rings is 1. The van der Waals surface area contributed by atoms with Gasteiger partial charge in [-0.15, -0.1) is 0 Å². The van der Waals surface area contributed by atoms with Crippen LogP contribution in [-0.4, -0.2) is 20.7 Å². The van der Waals surface area contributed by atoms with Gasteiger partial charge in [0.1, 0.15) is 5.69 Å². The van der Waals surface area contributed by atoms with E-state index in [0.717, 1.165) is 18.4 Å². The van der Waals surface area contributed by atoms with Crippen LogP contribution in [0.3, 0.4) is 0 Å². The van der Waals surface area contributed by atoms with Gasteiger partial charge in [0.15, 0.2) is 6.29 Å². The Morgan fingerprint density at radius 3 is 3.07 bits per heavy atom. The van der Waals surface area contributed by atoms with Crippen LogP contribution in [-0.2, 0) is 0 Å². The van der Waals surface area contributed by atoms with Crippen molar-refractivity contribution in [2.75, 3.05) is 0 Å². The summed E-state index contributed by atoms with van der Waals surface area (Å²) in [5, 5.41) is 0. The van der Waals surface area contributed by atoms with Crippen LogP contribution in [0.15, 0.2) is 18.5 Å². The lowest BCUT2D eigenvalue weighted by Gasteiger charge is -2.04. The normalized spacial score (nSPS) is 12.9. The lowest BCUT2D eigenvalue weighted by molar-refractivity contribution is 0.111. The lowest BCUT2D eigenvalue weighted by atomic mass is 10.0. The minimum atomic E-state index is 0.284. The number of hydrogen-bond acceptors (Lipinski definition) is 3. The molecule has 2 rings (SSSR count). The van der Waals surface area contributed by atoms with Gasteiger partial charge < -0.3 is 0 Å². The number of rotatable bonds is 3. The van der Waals surface area contributed by atoms with Gasteiger partial charge in [-0.1, -0.05) is 13.8 Å². The third-order valence-electron chi connectivity index (χ3n) is 2.66. The molecule has 0 aliphatic heterocycles. The largest absolute Gasteiger partial charge is 0.296 e. The molecule has 78 valence electrons. The Balaban J connectivity index is 2.69. The quantitative estimate of drug-likeness (QED) is 0.717. The molecule has 0 bridgehead atoms. The number of fused-ring (bicyclic) bond motifs is 1. The molecular formula is C11H13N3O. The molecule has 0 aliphatic rings. The van der Waals surface area contributed by atoms with Gasteiger partial charge in [0.05, 0.1) is 5.69 Å². The average Bonchev–Trinajstić information content (AvgIpc) is 2.66. The average molecular weight is 203 g/mol. The predicted octanol–water partition coefficient (Wildman–Crippen LogP) is 2.06. The first-order valence-electron chi connectivity index (χ1n) is 5.06. The highest BCUT2D eigenvalue weighted by Gasteiger charge is 2.16. The first-order chi connectivity index (χ1) is 7.27. The second kappa shape index (κ2) is 3.81. The number of carbonyl (C=O) groups excluding carboxylic acids is 1. The number of nitrogens with zero attached hydrogens (tertiary/aromatic N) is 3. The minimum absolute atomic E-state index is 0.284. The van der Waals surface area contributed by atoms with Crippen LogP contribution in [0.5, 0.6) is 0 Å². The summed E-state index contributed by atoms with van der Waals surface area (Å²) in [7, 11) is 0. The summed E-state index contributed by atoms with van der Waals surface area (Å²) < 4.78 is 1.73. The van der Waals surface area contributed by atoms with Gasteiger partial charge in [-0.3, -0.25) is 9.20 Å². The summed E-state index contributed by atoms with van der Waals surface area (Å²) in [6.45, 7) is 4.14. The Hall–Kier alpha value is -1.71. The predicted molar refractivity (Wildman–Crippen MR) is 57.1 cm³/mol.